The second-order valence-corrected chi connectivity index (χ2v) is 8.89. The standard InChI is InChI=1S/C20H23OP/c21-22(19-12-6-2-7-13-19,20-14-8-3-9-15-20)17-16-18-10-4-1-5-11-18/h2-3,6-9,12-16H,1,4-5,10-11,17H2. The van der Waals surface area contributed by atoms with E-state index in [1.54, 1.807) is 0 Å². The van der Waals surface area contributed by atoms with Gasteiger partial charge in [-0.1, -0.05) is 78.7 Å². The van der Waals surface area contributed by atoms with Gasteiger partial charge in [0.05, 0.1) is 0 Å². The second kappa shape index (κ2) is 7.11. The molecule has 0 heterocycles. The van der Waals surface area contributed by atoms with Crippen LogP contribution in [-0.4, -0.2) is 6.16 Å². The summed E-state index contributed by atoms with van der Waals surface area (Å²) in [5, 5.41) is 1.93. The fourth-order valence-electron chi connectivity index (χ4n) is 3.17. The van der Waals surface area contributed by atoms with Gasteiger partial charge in [-0.3, -0.25) is 0 Å². The van der Waals surface area contributed by atoms with Crippen LogP contribution < -0.4 is 10.6 Å². The van der Waals surface area contributed by atoms with E-state index in [1.165, 1.54) is 37.7 Å². The average Bonchev–Trinajstić information content (AvgIpc) is 2.62. The molecule has 2 aromatic carbocycles. The highest BCUT2D eigenvalue weighted by Crippen LogP contribution is 2.44. The van der Waals surface area contributed by atoms with Crippen LogP contribution >= 0.6 is 7.14 Å². The van der Waals surface area contributed by atoms with Crippen molar-refractivity contribution in [1.82, 2.24) is 0 Å². The first-order chi connectivity index (χ1) is 10.8. The smallest absolute Gasteiger partial charge is 0.146 e. The van der Waals surface area contributed by atoms with Gasteiger partial charge >= 0.3 is 0 Å². The van der Waals surface area contributed by atoms with Crippen molar-refractivity contribution in [2.75, 3.05) is 6.16 Å². The number of hydrogen-bond acceptors (Lipinski definition) is 1. The van der Waals surface area contributed by atoms with Gasteiger partial charge in [-0.05, 0) is 25.7 Å². The van der Waals surface area contributed by atoms with E-state index in [4.69, 9.17) is 0 Å². The van der Waals surface area contributed by atoms with Crippen LogP contribution in [0.2, 0.25) is 0 Å². The normalized spacial score (nSPS) is 15.5. The maximum Gasteiger partial charge on any atom is 0.146 e. The monoisotopic (exact) mass is 310 g/mol. The van der Waals surface area contributed by atoms with Crippen LogP contribution in [0.3, 0.4) is 0 Å². The third-order valence-corrected chi connectivity index (χ3v) is 7.44. The van der Waals surface area contributed by atoms with Crippen LogP contribution in [0.4, 0.5) is 0 Å². The third kappa shape index (κ3) is 3.42. The predicted octanol–water partition coefficient (Wildman–Crippen LogP) is 4.89. The van der Waals surface area contributed by atoms with Crippen LogP contribution in [0.5, 0.6) is 0 Å². The van der Waals surface area contributed by atoms with Crippen molar-refractivity contribution in [2.24, 2.45) is 0 Å². The Morgan fingerprint density at radius 1 is 0.773 bits per heavy atom. The molecular weight excluding hydrogens is 287 g/mol. The molecule has 0 saturated heterocycles. The summed E-state index contributed by atoms with van der Waals surface area (Å²) in [6, 6.07) is 19.9. The Bertz CT molecular complexity index is 622. The van der Waals surface area contributed by atoms with Gasteiger partial charge in [-0.25, -0.2) is 0 Å². The third-order valence-electron chi connectivity index (χ3n) is 4.48. The van der Waals surface area contributed by atoms with Gasteiger partial charge in [-0.15, -0.1) is 0 Å². The van der Waals surface area contributed by atoms with Crippen molar-refractivity contribution < 1.29 is 4.57 Å². The van der Waals surface area contributed by atoms with E-state index in [1.807, 2.05) is 60.7 Å². The van der Waals surface area contributed by atoms with Gasteiger partial charge in [0.1, 0.15) is 7.14 Å². The fourth-order valence-corrected chi connectivity index (χ4v) is 5.71. The van der Waals surface area contributed by atoms with Gasteiger partial charge in [0.2, 0.25) is 0 Å². The van der Waals surface area contributed by atoms with Gasteiger partial charge in [0.25, 0.3) is 0 Å². The lowest BCUT2D eigenvalue weighted by molar-refractivity contribution is 0.586. The maximum absolute atomic E-state index is 13.8. The van der Waals surface area contributed by atoms with E-state index in [0.717, 1.165) is 10.6 Å². The minimum Gasteiger partial charge on any atom is -0.313 e. The van der Waals surface area contributed by atoms with Gasteiger partial charge in [0.15, 0.2) is 0 Å². The van der Waals surface area contributed by atoms with E-state index in [-0.39, 0.29) is 0 Å². The van der Waals surface area contributed by atoms with E-state index >= 15 is 0 Å². The quantitative estimate of drug-likeness (QED) is 0.580. The summed E-state index contributed by atoms with van der Waals surface area (Å²) in [5.41, 5.74) is 1.50. The molecule has 0 bridgehead atoms. The van der Waals surface area contributed by atoms with Crippen molar-refractivity contribution in [3.05, 3.63) is 72.3 Å². The summed E-state index contributed by atoms with van der Waals surface area (Å²) in [7, 11) is -2.57. The van der Waals surface area contributed by atoms with Crippen molar-refractivity contribution in [3.8, 4) is 0 Å². The summed E-state index contributed by atoms with van der Waals surface area (Å²) >= 11 is 0. The first-order valence-electron chi connectivity index (χ1n) is 8.17. The molecule has 1 aliphatic carbocycles. The summed E-state index contributed by atoms with van der Waals surface area (Å²) < 4.78 is 13.8. The zero-order chi connectivity index (χ0) is 15.3. The highest BCUT2D eigenvalue weighted by atomic mass is 31.2. The Morgan fingerprint density at radius 3 is 1.77 bits per heavy atom. The molecule has 0 atom stereocenters. The highest BCUT2D eigenvalue weighted by Gasteiger charge is 2.25. The van der Waals surface area contributed by atoms with E-state index < -0.39 is 7.14 Å². The van der Waals surface area contributed by atoms with Gasteiger partial charge in [0, 0.05) is 16.8 Å². The molecule has 1 saturated carbocycles. The largest absolute Gasteiger partial charge is 0.313 e. The molecule has 0 N–H and O–H groups in total. The Labute approximate surface area is 133 Å². The molecule has 22 heavy (non-hydrogen) atoms. The molecule has 0 radical (unpaired) electrons. The Morgan fingerprint density at radius 2 is 1.27 bits per heavy atom. The lowest BCUT2D eigenvalue weighted by Gasteiger charge is -2.20. The molecule has 1 fully saturated rings. The molecule has 114 valence electrons. The van der Waals surface area contributed by atoms with Crippen molar-refractivity contribution in [1.29, 1.82) is 0 Å². The number of benzene rings is 2. The first kappa shape index (κ1) is 15.3. The zero-order valence-electron chi connectivity index (χ0n) is 12.9. The Balaban J connectivity index is 1.95. The van der Waals surface area contributed by atoms with Gasteiger partial charge in [-0.2, -0.15) is 0 Å². The summed E-state index contributed by atoms with van der Waals surface area (Å²) in [5.74, 6) is 0. The second-order valence-electron chi connectivity index (χ2n) is 6.02. The molecule has 0 amide bonds. The molecule has 0 unspecified atom stereocenters. The zero-order valence-corrected chi connectivity index (χ0v) is 13.8. The van der Waals surface area contributed by atoms with Crippen LogP contribution in [-0.2, 0) is 4.57 Å². The van der Waals surface area contributed by atoms with Gasteiger partial charge < -0.3 is 4.57 Å². The topological polar surface area (TPSA) is 17.1 Å². The molecular formula is C20H23OP. The van der Waals surface area contributed by atoms with Crippen molar-refractivity contribution >= 4 is 17.8 Å². The Kier molecular flexibility index (Phi) is 4.95. The van der Waals surface area contributed by atoms with Crippen LogP contribution in [0, 0.1) is 0 Å². The number of hydrogen-bond donors (Lipinski definition) is 0. The highest BCUT2D eigenvalue weighted by molar-refractivity contribution is 7.78. The SMILES string of the molecule is O=P(CC=C1CCCCC1)(c1ccccc1)c1ccccc1. The average molecular weight is 310 g/mol. The lowest BCUT2D eigenvalue weighted by Crippen LogP contribution is -2.18. The molecule has 0 spiro atoms. The Hall–Kier alpha value is -1.59. The van der Waals surface area contributed by atoms with E-state index in [9.17, 15) is 4.57 Å². The number of rotatable bonds is 4. The molecule has 0 aliphatic heterocycles. The fraction of sp³-hybridized carbons (Fsp3) is 0.300. The molecule has 1 aliphatic rings. The maximum atomic E-state index is 13.8. The summed E-state index contributed by atoms with van der Waals surface area (Å²) in [6.07, 6.45) is 9.19. The predicted molar refractivity (Wildman–Crippen MR) is 95.8 cm³/mol. The van der Waals surface area contributed by atoms with E-state index in [0.29, 0.717) is 6.16 Å². The first-order valence-corrected chi connectivity index (χ1v) is 10.1. The lowest BCUT2D eigenvalue weighted by atomic mass is 9.95. The van der Waals surface area contributed by atoms with Crippen molar-refractivity contribution in [2.45, 2.75) is 32.1 Å². The molecule has 2 heteroatoms. The minimum atomic E-state index is -2.57. The summed E-state index contributed by atoms with van der Waals surface area (Å²) in [6.45, 7) is 0. The number of allylic oxidation sites excluding steroid dienone is 2. The van der Waals surface area contributed by atoms with Crippen LogP contribution in [0.15, 0.2) is 72.3 Å². The van der Waals surface area contributed by atoms with E-state index in [2.05, 4.69) is 6.08 Å². The molecule has 2 aromatic rings. The molecule has 1 nitrogen and oxygen atoms in total. The minimum absolute atomic E-state index is 0.649. The van der Waals surface area contributed by atoms with Crippen LogP contribution in [0.25, 0.3) is 0 Å². The van der Waals surface area contributed by atoms with Crippen molar-refractivity contribution in [3.63, 3.8) is 0 Å². The summed E-state index contributed by atoms with van der Waals surface area (Å²) in [4.78, 5) is 0. The van der Waals surface area contributed by atoms with Crippen LogP contribution in [0.1, 0.15) is 32.1 Å². The molecule has 3 rings (SSSR count). The molecule has 0 aromatic heterocycles.